The van der Waals surface area contributed by atoms with E-state index in [1.807, 2.05) is 52.8 Å². The summed E-state index contributed by atoms with van der Waals surface area (Å²) in [5, 5.41) is 9.28. The summed E-state index contributed by atoms with van der Waals surface area (Å²) in [6, 6.07) is 5.60. The van der Waals surface area contributed by atoms with Gasteiger partial charge in [0.2, 0.25) is 5.91 Å². The molecule has 0 saturated heterocycles. The molecule has 26 heavy (non-hydrogen) atoms. The fourth-order valence-corrected chi connectivity index (χ4v) is 2.21. The maximum atomic E-state index is 12.1. The van der Waals surface area contributed by atoms with Gasteiger partial charge < -0.3 is 25.4 Å². The minimum atomic E-state index is -0.589. The molecular formula is C19H32N4O3. The molecule has 146 valence electrons. The molecule has 0 radical (unpaired) electrons. The molecule has 7 nitrogen and oxygen atoms in total. The van der Waals surface area contributed by atoms with Crippen LogP contribution in [0.3, 0.4) is 0 Å². The van der Waals surface area contributed by atoms with E-state index < -0.39 is 5.41 Å². The van der Waals surface area contributed by atoms with Gasteiger partial charge in [-0.05, 0) is 46.8 Å². The normalized spacial score (nSPS) is 11.7. The number of aliphatic imine (C=N–C) groups is 1. The lowest BCUT2D eigenvalue weighted by molar-refractivity contribution is -0.128. The van der Waals surface area contributed by atoms with E-state index in [0.717, 1.165) is 5.69 Å². The van der Waals surface area contributed by atoms with Crippen molar-refractivity contribution in [2.45, 2.75) is 34.6 Å². The van der Waals surface area contributed by atoms with Crippen LogP contribution in [0, 0.1) is 5.41 Å². The van der Waals surface area contributed by atoms with Crippen molar-refractivity contribution in [3.05, 3.63) is 18.2 Å². The smallest absolute Gasteiger partial charge is 0.227 e. The Balaban J connectivity index is 2.93. The zero-order valence-corrected chi connectivity index (χ0v) is 16.7. The van der Waals surface area contributed by atoms with Gasteiger partial charge in [0, 0.05) is 24.8 Å². The molecule has 3 N–H and O–H groups in total. The van der Waals surface area contributed by atoms with Gasteiger partial charge in [-0.3, -0.25) is 9.79 Å². The zero-order chi connectivity index (χ0) is 19.6. The van der Waals surface area contributed by atoms with Crippen LogP contribution in [0.1, 0.15) is 34.6 Å². The number of hydrogen-bond acceptors (Lipinski definition) is 4. The number of methoxy groups -OCH3 is 1. The maximum Gasteiger partial charge on any atom is 0.227 e. The van der Waals surface area contributed by atoms with Crippen LogP contribution in [0.15, 0.2) is 23.2 Å². The van der Waals surface area contributed by atoms with Gasteiger partial charge in [0.05, 0.1) is 25.7 Å². The van der Waals surface area contributed by atoms with Gasteiger partial charge in [-0.25, -0.2) is 0 Å². The molecular weight excluding hydrogens is 332 g/mol. The average Bonchev–Trinajstić information content (AvgIpc) is 2.61. The Kier molecular flexibility index (Phi) is 8.75. The number of hydrogen-bond donors (Lipinski definition) is 3. The Bertz CT molecular complexity index is 615. The highest BCUT2D eigenvalue weighted by Gasteiger charge is 2.26. The molecule has 0 saturated carbocycles. The second kappa shape index (κ2) is 10.5. The number of nitrogens with zero attached hydrogens (tertiary/aromatic N) is 1. The van der Waals surface area contributed by atoms with Gasteiger partial charge in [0.25, 0.3) is 0 Å². The highest BCUT2D eigenvalue weighted by molar-refractivity contribution is 5.94. The number of carbonyl (C=O) groups excluding carboxylic acids is 1. The Morgan fingerprint density at radius 1 is 1.12 bits per heavy atom. The standard InChI is InChI=1S/C19H32N4O3/c1-7-20-17(24)19(4,5)13-22-18(21-8-2)23-14-10-11-15(25-6)16(12-14)26-9-3/h10-12H,7-9,13H2,1-6H3,(H,20,24)(H2,21,22,23). The lowest BCUT2D eigenvalue weighted by atomic mass is 9.92. The molecule has 1 rings (SSSR count). The first-order valence-electron chi connectivity index (χ1n) is 9.02. The third-order valence-electron chi connectivity index (χ3n) is 3.65. The molecule has 0 spiro atoms. The summed E-state index contributed by atoms with van der Waals surface area (Å²) in [5.74, 6) is 1.94. The molecule has 1 aromatic carbocycles. The maximum absolute atomic E-state index is 12.1. The highest BCUT2D eigenvalue weighted by atomic mass is 16.5. The summed E-state index contributed by atoms with van der Waals surface area (Å²) in [5.41, 5.74) is 0.235. The summed E-state index contributed by atoms with van der Waals surface area (Å²) < 4.78 is 10.9. The second-order valence-electron chi connectivity index (χ2n) is 6.36. The monoisotopic (exact) mass is 364 g/mol. The van der Waals surface area contributed by atoms with E-state index in [9.17, 15) is 4.79 Å². The Labute approximate surface area is 156 Å². The Hall–Kier alpha value is -2.44. The van der Waals surface area contributed by atoms with Crippen molar-refractivity contribution in [2.24, 2.45) is 10.4 Å². The SMILES string of the molecule is CCNC(=O)C(C)(C)CN=C(NCC)Nc1ccc(OC)c(OCC)c1. The minimum absolute atomic E-state index is 0.0114. The minimum Gasteiger partial charge on any atom is -0.493 e. The van der Waals surface area contributed by atoms with Gasteiger partial charge >= 0.3 is 0 Å². The molecule has 1 amide bonds. The topological polar surface area (TPSA) is 84.0 Å². The summed E-state index contributed by atoms with van der Waals surface area (Å²) in [4.78, 5) is 16.7. The van der Waals surface area contributed by atoms with E-state index in [0.29, 0.717) is 43.7 Å². The highest BCUT2D eigenvalue weighted by Crippen LogP contribution is 2.30. The van der Waals surface area contributed by atoms with Gasteiger partial charge in [-0.1, -0.05) is 0 Å². The zero-order valence-electron chi connectivity index (χ0n) is 16.7. The number of ether oxygens (including phenoxy) is 2. The molecule has 0 aliphatic carbocycles. The molecule has 0 fully saturated rings. The number of guanidine groups is 1. The Morgan fingerprint density at radius 2 is 1.81 bits per heavy atom. The quantitative estimate of drug-likeness (QED) is 0.463. The summed E-state index contributed by atoms with van der Waals surface area (Å²) in [6.07, 6.45) is 0. The number of benzene rings is 1. The molecule has 1 aromatic rings. The van der Waals surface area contributed by atoms with Gasteiger partial charge in [0.1, 0.15) is 0 Å². The van der Waals surface area contributed by atoms with Crippen LogP contribution in [0.2, 0.25) is 0 Å². The second-order valence-corrected chi connectivity index (χ2v) is 6.36. The predicted octanol–water partition coefficient (Wildman–Crippen LogP) is 2.63. The molecule has 0 atom stereocenters. The average molecular weight is 364 g/mol. The molecule has 0 aromatic heterocycles. The largest absolute Gasteiger partial charge is 0.493 e. The van der Waals surface area contributed by atoms with E-state index in [1.165, 1.54) is 0 Å². The van der Waals surface area contributed by atoms with Crippen molar-refractivity contribution in [2.75, 3.05) is 38.7 Å². The van der Waals surface area contributed by atoms with Gasteiger partial charge in [0.15, 0.2) is 17.5 Å². The third kappa shape index (κ3) is 6.46. The number of amides is 1. The van der Waals surface area contributed by atoms with E-state index in [2.05, 4.69) is 20.9 Å². The van der Waals surface area contributed by atoms with Gasteiger partial charge in [-0.15, -0.1) is 0 Å². The lowest BCUT2D eigenvalue weighted by Crippen LogP contribution is -2.40. The van der Waals surface area contributed by atoms with Crippen molar-refractivity contribution < 1.29 is 14.3 Å². The lowest BCUT2D eigenvalue weighted by Gasteiger charge is -2.22. The van der Waals surface area contributed by atoms with Crippen LogP contribution < -0.4 is 25.4 Å². The number of carbonyl (C=O) groups is 1. The third-order valence-corrected chi connectivity index (χ3v) is 3.65. The van der Waals surface area contributed by atoms with Gasteiger partial charge in [-0.2, -0.15) is 0 Å². The van der Waals surface area contributed by atoms with Crippen LogP contribution in [-0.4, -0.2) is 45.2 Å². The summed E-state index contributed by atoms with van der Waals surface area (Å²) in [7, 11) is 1.61. The number of nitrogens with one attached hydrogen (secondary N) is 3. The van der Waals surface area contributed by atoms with Crippen LogP contribution in [-0.2, 0) is 4.79 Å². The van der Waals surface area contributed by atoms with E-state index >= 15 is 0 Å². The fourth-order valence-electron chi connectivity index (χ4n) is 2.21. The first kappa shape index (κ1) is 21.6. The Morgan fingerprint density at radius 3 is 2.38 bits per heavy atom. The predicted molar refractivity (Wildman–Crippen MR) is 106 cm³/mol. The van der Waals surface area contributed by atoms with Crippen LogP contribution in [0.4, 0.5) is 5.69 Å². The number of anilines is 1. The van der Waals surface area contributed by atoms with E-state index in [1.54, 1.807) is 7.11 Å². The van der Waals surface area contributed by atoms with Crippen LogP contribution in [0.5, 0.6) is 11.5 Å². The fraction of sp³-hybridized carbons (Fsp3) is 0.579. The molecule has 0 bridgehead atoms. The van der Waals surface area contributed by atoms with Crippen LogP contribution >= 0.6 is 0 Å². The summed E-state index contributed by atoms with van der Waals surface area (Å²) >= 11 is 0. The van der Waals surface area contributed by atoms with Crippen molar-refractivity contribution in [3.63, 3.8) is 0 Å². The molecule has 0 unspecified atom stereocenters. The molecule has 0 heterocycles. The van der Waals surface area contributed by atoms with Crippen molar-refractivity contribution in [1.82, 2.24) is 10.6 Å². The molecule has 7 heteroatoms. The van der Waals surface area contributed by atoms with Crippen molar-refractivity contribution in [1.29, 1.82) is 0 Å². The molecule has 0 aliphatic rings. The van der Waals surface area contributed by atoms with E-state index in [-0.39, 0.29) is 5.91 Å². The first-order valence-corrected chi connectivity index (χ1v) is 9.02. The van der Waals surface area contributed by atoms with Crippen molar-refractivity contribution >= 4 is 17.6 Å². The van der Waals surface area contributed by atoms with E-state index in [4.69, 9.17) is 9.47 Å². The first-order chi connectivity index (χ1) is 12.4. The van der Waals surface area contributed by atoms with Crippen molar-refractivity contribution in [3.8, 4) is 11.5 Å². The summed E-state index contributed by atoms with van der Waals surface area (Å²) in [6.45, 7) is 11.8. The molecule has 0 aliphatic heterocycles. The van der Waals surface area contributed by atoms with Crippen LogP contribution in [0.25, 0.3) is 0 Å². The number of rotatable bonds is 9.